The zero-order chi connectivity index (χ0) is 16.7. The minimum Gasteiger partial charge on any atom is -0.351 e. The van der Waals surface area contributed by atoms with Gasteiger partial charge in [-0.1, -0.05) is 11.6 Å². The van der Waals surface area contributed by atoms with Crippen molar-refractivity contribution >= 4 is 34.3 Å². The first-order valence-electron chi connectivity index (χ1n) is 7.83. The van der Waals surface area contributed by atoms with E-state index in [1.54, 1.807) is 18.2 Å². The van der Waals surface area contributed by atoms with Crippen LogP contribution < -0.4 is 5.32 Å². The van der Waals surface area contributed by atoms with E-state index in [0.717, 1.165) is 29.3 Å². The molecule has 2 aliphatic rings. The van der Waals surface area contributed by atoms with Crippen LogP contribution in [0.25, 0.3) is 10.9 Å². The lowest BCUT2D eigenvalue weighted by Crippen LogP contribution is -2.39. The number of carbonyl (C=O) groups excluding carboxylic acids is 2. The molecular weight excluding hydrogens is 328 g/mol. The Hall–Kier alpha value is -2.47. The lowest BCUT2D eigenvalue weighted by Gasteiger charge is -2.29. The van der Waals surface area contributed by atoms with Crippen molar-refractivity contribution in [3.8, 4) is 0 Å². The van der Waals surface area contributed by atoms with Crippen molar-refractivity contribution in [2.24, 2.45) is 10.2 Å². The zero-order valence-electron chi connectivity index (χ0n) is 12.8. The topological polar surface area (TPSA) is 86.7 Å². The summed E-state index contributed by atoms with van der Waals surface area (Å²) in [6, 6.07) is 7.23. The molecule has 1 aromatic carbocycles. The number of amides is 2. The predicted octanol–water partition coefficient (Wildman–Crippen LogP) is 3.39. The minimum atomic E-state index is -0.319. The maximum atomic E-state index is 12.5. The summed E-state index contributed by atoms with van der Waals surface area (Å²) in [5.41, 5.74) is 2.33. The molecule has 1 aliphatic carbocycles. The standard InChI is InChI=1S/C17H15ClN4O2/c18-11-1-3-13-9(5-11)7-15(20-13)17(24)19-12-2-4-14-10(6-12)8-16(23)22-21-14/h1,3,5,7-8,12,14,20H,2,4,6H2,(H,19,24). The van der Waals surface area contributed by atoms with Crippen molar-refractivity contribution < 1.29 is 9.59 Å². The van der Waals surface area contributed by atoms with Crippen LogP contribution in [0.5, 0.6) is 0 Å². The number of aromatic amines is 1. The highest BCUT2D eigenvalue weighted by Crippen LogP contribution is 2.29. The average molecular weight is 343 g/mol. The van der Waals surface area contributed by atoms with Crippen LogP contribution in [-0.2, 0) is 4.79 Å². The second-order valence-electron chi connectivity index (χ2n) is 6.16. The van der Waals surface area contributed by atoms with Crippen molar-refractivity contribution in [1.29, 1.82) is 0 Å². The molecule has 0 radical (unpaired) electrons. The highest BCUT2D eigenvalue weighted by Gasteiger charge is 2.29. The van der Waals surface area contributed by atoms with Gasteiger partial charge < -0.3 is 10.3 Å². The number of benzene rings is 1. The lowest BCUT2D eigenvalue weighted by atomic mass is 9.86. The third-order valence-corrected chi connectivity index (χ3v) is 4.70. The van der Waals surface area contributed by atoms with E-state index >= 15 is 0 Å². The van der Waals surface area contributed by atoms with Crippen LogP contribution in [0.1, 0.15) is 29.8 Å². The first-order valence-corrected chi connectivity index (χ1v) is 8.21. The quantitative estimate of drug-likeness (QED) is 0.876. The number of aromatic nitrogens is 1. The number of azo groups is 1. The number of rotatable bonds is 2. The van der Waals surface area contributed by atoms with Crippen LogP contribution in [-0.4, -0.2) is 28.9 Å². The molecule has 0 bridgehead atoms. The van der Waals surface area contributed by atoms with Gasteiger partial charge in [0.05, 0.1) is 6.04 Å². The van der Waals surface area contributed by atoms with Crippen LogP contribution in [0, 0.1) is 0 Å². The highest BCUT2D eigenvalue weighted by atomic mass is 35.5. The van der Waals surface area contributed by atoms with Crippen LogP contribution in [0.15, 0.2) is 46.1 Å². The molecule has 2 unspecified atom stereocenters. The summed E-state index contributed by atoms with van der Waals surface area (Å²) >= 11 is 5.98. The van der Waals surface area contributed by atoms with Crippen molar-refractivity contribution in [3.05, 3.63) is 46.6 Å². The molecule has 2 N–H and O–H groups in total. The molecule has 122 valence electrons. The molecule has 4 rings (SSSR count). The summed E-state index contributed by atoms with van der Waals surface area (Å²) in [5.74, 6) is -0.476. The van der Waals surface area contributed by atoms with E-state index in [1.807, 2.05) is 12.1 Å². The molecule has 1 aromatic heterocycles. The average Bonchev–Trinajstić information content (AvgIpc) is 2.97. The van der Waals surface area contributed by atoms with Gasteiger partial charge in [0.25, 0.3) is 11.8 Å². The Morgan fingerprint density at radius 3 is 3.04 bits per heavy atom. The van der Waals surface area contributed by atoms with E-state index in [1.165, 1.54) is 0 Å². The fraction of sp³-hybridized carbons (Fsp3) is 0.294. The van der Waals surface area contributed by atoms with E-state index < -0.39 is 0 Å². The second-order valence-corrected chi connectivity index (χ2v) is 6.59. The summed E-state index contributed by atoms with van der Waals surface area (Å²) in [4.78, 5) is 26.9. The molecule has 2 amide bonds. The van der Waals surface area contributed by atoms with E-state index in [-0.39, 0.29) is 23.9 Å². The Morgan fingerprint density at radius 2 is 2.17 bits per heavy atom. The van der Waals surface area contributed by atoms with E-state index in [2.05, 4.69) is 20.5 Å². The Morgan fingerprint density at radius 1 is 1.29 bits per heavy atom. The molecule has 7 heteroatoms. The third-order valence-electron chi connectivity index (χ3n) is 4.47. The molecule has 1 saturated carbocycles. The van der Waals surface area contributed by atoms with Crippen LogP contribution in [0.4, 0.5) is 0 Å². The molecule has 1 aliphatic heterocycles. The zero-order valence-corrected chi connectivity index (χ0v) is 13.5. The molecular formula is C17H15ClN4O2. The summed E-state index contributed by atoms with van der Waals surface area (Å²) in [5, 5.41) is 12.2. The third kappa shape index (κ3) is 2.85. The van der Waals surface area contributed by atoms with Gasteiger partial charge in [-0.2, -0.15) is 5.11 Å². The monoisotopic (exact) mass is 342 g/mol. The number of nitrogens with zero attached hydrogens (tertiary/aromatic N) is 2. The number of hydrogen-bond acceptors (Lipinski definition) is 3. The predicted molar refractivity (Wildman–Crippen MR) is 90.1 cm³/mol. The molecule has 2 aromatic rings. The fourth-order valence-electron chi connectivity index (χ4n) is 3.28. The smallest absolute Gasteiger partial charge is 0.287 e. The fourth-order valence-corrected chi connectivity index (χ4v) is 3.46. The van der Waals surface area contributed by atoms with Gasteiger partial charge in [-0.15, -0.1) is 5.11 Å². The Labute approximate surface area is 143 Å². The number of fused-ring (bicyclic) bond motifs is 2. The van der Waals surface area contributed by atoms with E-state index in [4.69, 9.17) is 11.6 Å². The van der Waals surface area contributed by atoms with Gasteiger partial charge in [0.15, 0.2) is 0 Å². The molecule has 0 spiro atoms. The number of halogens is 1. The largest absolute Gasteiger partial charge is 0.351 e. The van der Waals surface area contributed by atoms with Gasteiger partial charge in [-0.25, -0.2) is 0 Å². The van der Waals surface area contributed by atoms with Crippen molar-refractivity contribution in [1.82, 2.24) is 10.3 Å². The summed E-state index contributed by atoms with van der Waals surface area (Å²) in [6.45, 7) is 0. The van der Waals surface area contributed by atoms with Crippen molar-refractivity contribution in [2.45, 2.75) is 31.3 Å². The Kier molecular flexibility index (Phi) is 3.69. The van der Waals surface area contributed by atoms with Gasteiger partial charge in [0.1, 0.15) is 5.69 Å². The maximum absolute atomic E-state index is 12.5. The molecule has 24 heavy (non-hydrogen) atoms. The van der Waals surface area contributed by atoms with Crippen LogP contribution >= 0.6 is 11.6 Å². The van der Waals surface area contributed by atoms with Gasteiger partial charge in [0, 0.05) is 28.0 Å². The van der Waals surface area contributed by atoms with Crippen molar-refractivity contribution in [3.63, 3.8) is 0 Å². The van der Waals surface area contributed by atoms with Gasteiger partial charge in [-0.3, -0.25) is 9.59 Å². The SMILES string of the molecule is O=C1C=C2CC(NC(=O)c3cc4cc(Cl)ccc4[nH]3)CCC2N=N1. The van der Waals surface area contributed by atoms with E-state index in [9.17, 15) is 9.59 Å². The summed E-state index contributed by atoms with van der Waals surface area (Å²) < 4.78 is 0. The van der Waals surface area contributed by atoms with Gasteiger partial charge in [0.2, 0.25) is 0 Å². The second kappa shape index (κ2) is 5.87. The Bertz CT molecular complexity index is 899. The van der Waals surface area contributed by atoms with E-state index in [0.29, 0.717) is 17.1 Å². The molecule has 1 fully saturated rings. The van der Waals surface area contributed by atoms with Gasteiger partial charge >= 0.3 is 0 Å². The first-order chi connectivity index (χ1) is 11.6. The molecule has 0 saturated heterocycles. The first kappa shape index (κ1) is 15.1. The summed E-state index contributed by atoms with van der Waals surface area (Å²) in [7, 11) is 0. The maximum Gasteiger partial charge on any atom is 0.287 e. The minimum absolute atomic E-state index is 0.00361. The molecule has 2 atom stereocenters. The number of H-pyrrole nitrogens is 1. The Balaban J connectivity index is 1.48. The number of carbonyl (C=O) groups is 2. The molecule has 2 heterocycles. The van der Waals surface area contributed by atoms with Gasteiger partial charge in [-0.05, 0) is 49.1 Å². The van der Waals surface area contributed by atoms with Crippen LogP contribution in [0.3, 0.4) is 0 Å². The highest BCUT2D eigenvalue weighted by molar-refractivity contribution is 6.31. The number of nitrogens with one attached hydrogen (secondary N) is 2. The molecule has 6 nitrogen and oxygen atoms in total. The lowest BCUT2D eigenvalue weighted by molar-refractivity contribution is -0.114. The van der Waals surface area contributed by atoms with Crippen LogP contribution in [0.2, 0.25) is 5.02 Å². The normalized spacial score (nSPS) is 23.0. The van der Waals surface area contributed by atoms with Crippen molar-refractivity contribution in [2.75, 3.05) is 0 Å². The summed E-state index contributed by atoms with van der Waals surface area (Å²) in [6.07, 6.45) is 3.77. The number of hydrogen-bond donors (Lipinski definition) is 2.